The molecule has 1 aromatic carbocycles. The van der Waals surface area contributed by atoms with Crippen molar-refractivity contribution in [2.75, 3.05) is 39.3 Å². The Kier molecular flexibility index (Phi) is 6.35. The van der Waals surface area contributed by atoms with Crippen molar-refractivity contribution in [2.24, 2.45) is 0 Å². The molecular weight excluding hydrogens is 363 g/mol. The zero-order valence-electron chi connectivity index (χ0n) is 16.2. The molecule has 8 nitrogen and oxygen atoms in total. The van der Waals surface area contributed by atoms with Gasteiger partial charge in [-0.3, -0.25) is 14.5 Å². The summed E-state index contributed by atoms with van der Waals surface area (Å²) >= 11 is 0. The fourth-order valence-electron chi connectivity index (χ4n) is 3.14. The molecule has 1 aliphatic rings. The number of amides is 2. The maximum absolute atomic E-state index is 13.1. The highest BCUT2D eigenvalue weighted by molar-refractivity contribution is 5.93. The Morgan fingerprint density at radius 2 is 1.82 bits per heavy atom. The van der Waals surface area contributed by atoms with E-state index in [0.29, 0.717) is 56.3 Å². The van der Waals surface area contributed by atoms with Crippen LogP contribution in [0.4, 0.5) is 4.39 Å². The molecule has 0 spiro atoms. The predicted octanol–water partition coefficient (Wildman–Crippen LogP) is 0.999. The van der Waals surface area contributed by atoms with Crippen LogP contribution in [0.25, 0.3) is 5.69 Å². The van der Waals surface area contributed by atoms with Crippen molar-refractivity contribution >= 4 is 11.8 Å². The van der Waals surface area contributed by atoms with Gasteiger partial charge in [-0.25, -0.2) is 9.07 Å². The van der Waals surface area contributed by atoms with Gasteiger partial charge >= 0.3 is 0 Å². The molecule has 0 atom stereocenters. The van der Waals surface area contributed by atoms with E-state index in [-0.39, 0.29) is 17.6 Å². The van der Waals surface area contributed by atoms with Gasteiger partial charge in [0.25, 0.3) is 5.91 Å². The smallest absolute Gasteiger partial charge is 0.276 e. The zero-order valence-corrected chi connectivity index (χ0v) is 16.2. The molecule has 150 valence electrons. The first-order valence-electron chi connectivity index (χ1n) is 9.46. The number of halogens is 1. The third kappa shape index (κ3) is 4.53. The molecule has 2 heterocycles. The van der Waals surface area contributed by atoms with Crippen molar-refractivity contribution in [3.05, 3.63) is 41.5 Å². The summed E-state index contributed by atoms with van der Waals surface area (Å²) in [6.07, 6.45) is 0.909. The summed E-state index contributed by atoms with van der Waals surface area (Å²) in [5.41, 5.74) is 1.55. The summed E-state index contributed by atoms with van der Waals surface area (Å²) in [5.74, 6) is -0.500. The monoisotopic (exact) mass is 388 g/mol. The van der Waals surface area contributed by atoms with E-state index in [1.165, 1.54) is 16.8 Å². The maximum Gasteiger partial charge on any atom is 0.276 e. The predicted molar refractivity (Wildman–Crippen MR) is 102 cm³/mol. The van der Waals surface area contributed by atoms with E-state index in [1.54, 1.807) is 24.0 Å². The third-order valence-electron chi connectivity index (χ3n) is 4.77. The number of aromatic nitrogens is 3. The number of carbonyl (C=O) groups is 2. The van der Waals surface area contributed by atoms with Gasteiger partial charge in [0.2, 0.25) is 5.91 Å². The Morgan fingerprint density at radius 1 is 1.14 bits per heavy atom. The lowest BCUT2D eigenvalue weighted by atomic mass is 10.2. The topological polar surface area (TPSA) is 83.4 Å². The van der Waals surface area contributed by atoms with Crippen LogP contribution >= 0.6 is 0 Å². The standard InChI is InChI=1S/C19H25FN6O2/c1-3-8-21-17(27)13-24-9-11-25(12-10-24)19(28)18-14(2)26(23-22-18)16-6-4-15(20)5-7-16/h4-7H,3,8-13H2,1-2H3,(H,21,27). The Hall–Kier alpha value is -2.81. The van der Waals surface area contributed by atoms with E-state index < -0.39 is 0 Å². The van der Waals surface area contributed by atoms with E-state index >= 15 is 0 Å². The molecule has 28 heavy (non-hydrogen) atoms. The van der Waals surface area contributed by atoms with Crippen molar-refractivity contribution in [1.29, 1.82) is 0 Å². The van der Waals surface area contributed by atoms with Gasteiger partial charge in [-0.05, 0) is 37.6 Å². The number of nitrogens with zero attached hydrogens (tertiary/aromatic N) is 5. The Bertz CT molecular complexity index is 827. The molecule has 0 aliphatic carbocycles. The lowest BCUT2D eigenvalue weighted by Gasteiger charge is -2.34. The van der Waals surface area contributed by atoms with Gasteiger partial charge in [0, 0.05) is 32.7 Å². The van der Waals surface area contributed by atoms with Crippen LogP contribution in [-0.4, -0.2) is 75.9 Å². The first kappa shape index (κ1) is 19.9. The summed E-state index contributed by atoms with van der Waals surface area (Å²) in [6, 6.07) is 5.86. The Labute approximate surface area is 163 Å². The molecule has 0 bridgehead atoms. The summed E-state index contributed by atoms with van der Waals surface area (Å²) in [5, 5.41) is 11.0. The number of benzene rings is 1. The van der Waals surface area contributed by atoms with E-state index in [1.807, 2.05) is 11.8 Å². The van der Waals surface area contributed by atoms with E-state index in [9.17, 15) is 14.0 Å². The van der Waals surface area contributed by atoms with Crippen LogP contribution in [0, 0.1) is 12.7 Å². The van der Waals surface area contributed by atoms with Gasteiger partial charge in [-0.1, -0.05) is 12.1 Å². The molecule has 9 heteroatoms. The van der Waals surface area contributed by atoms with Crippen LogP contribution in [0.3, 0.4) is 0 Å². The SMILES string of the molecule is CCCNC(=O)CN1CCN(C(=O)c2nnn(-c3ccc(F)cc3)c2C)CC1. The van der Waals surface area contributed by atoms with E-state index in [2.05, 4.69) is 15.6 Å². The summed E-state index contributed by atoms with van der Waals surface area (Å²) in [7, 11) is 0. The van der Waals surface area contributed by atoms with Crippen molar-refractivity contribution < 1.29 is 14.0 Å². The lowest BCUT2D eigenvalue weighted by molar-refractivity contribution is -0.122. The third-order valence-corrected chi connectivity index (χ3v) is 4.77. The molecule has 0 radical (unpaired) electrons. The minimum absolute atomic E-state index is 0.0136. The largest absolute Gasteiger partial charge is 0.355 e. The lowest BCUT2D eigenvalue weighted by Crippen LogP contribution is -2.51. The second-order valence-corrected chi connectivity index (χ2v) is 6.83. The summed E-state index contributed by atoms with van der Waals surface area (Å²) < 4.78 is 14.6. The molecular formula is C19H25FN6O2. The highest BCUT2D eigenvalue weighted by Crippen LogP contribution is 2.15. The number of hydrogen-bond donors (Lipinski definition) is 1. The number of rotatable bonds is 6. The average molecular weight is 388 g/mol. The zero-order chi connectivity index (χ0) is 20.1. The van der Waals surface area contributed by atoms with Crippen molar-refractivity contribution in [3.8, 4) is 5.69 Å². The highest BCUT2D eigenvalue weighted by atomic mass is 19.1. The van der Waals surface area contributed by atoms with Crippen molar-refractivity contribution in [2.45, 2.75) is 20.3 Å². The Balaban J connectivity index is 1.60. The van der Waals surface area contributed by atoms with Gasteiger partial charge in [-0.15, -0.1) is 5.10 Å². The molecule has 1 N–H and O–H groups in total. The van der Waals surface area contributed by atoms with E-state index in [0.717, 1.165) is 6.42 Å². The maximum atomic E-state index is 13.1. The van der Waals surface area contributed by atoms with Crippen LogP contribution in [-0.2, 0) is 4.79 Å². The van der Waals surface area contributed by atoms with Crippen LogP contribution in [0.2, 0.25) is 0 Å². The van der Waals surface area contributed by atoms with Crippen molar-refractivity contribution in [1.82, 2.24) is 30.1 Å². The second-order valence-electron chi connectivity index (χ2n) is 6.83. The Morgan fingerprint density at radius 3 is 2.46 bits per heavy atom. The van der Waals surface area contributed by atoms with Crippen LogP contribution in [0.15, 0.2) is 24.3 Å². The molecule has 1 fully saturated rings. The molecule has 2 amide bonds. The number of nitrogens with one attached hydrogen (secondary N) is 1. The molecule has 1 saturated heterocycles. The molecule has 1 aliphatic heterocycles. The number of carbonyl (C=O) groups excluding carboxylic acids is 2. The van der Waals surface area contributed by atoms with Crippen LogP contribution < -0.4 is 5.32 Å². The van der Waals surface area contributed by atoms with Crippen LogP contribution in [0.5, 0.6) is 0 Å². The number of hydrogen-bond acceptors (Lipinski definition) is 5. The van der Waals surface area contributed by atoms with Crippen molar-refractivity contribution in [3.63, 3.8) is 0 Å². The fraction of sp³-hybridized carbons (Fsp3) is 0.474. The quantitative estimate of drug-likeness (QED) is 0.798. The van der Waals surface area contributed by atoms with Gasteiger partial charge in [0.1, 0.15) is 5.82 Å². The summed E-state index contributed by atoms with van der Waals surface area (Å²) in [6.45, 7) is 7.14. The normalized spacial score (nSPS) is 14.9. The van der Waals surface area contributed by atoms with Gasteiger partial charge in [-0.2, -0.15) is 0 Å². The minimum Gasteiger partial charge on any atom is -0.355 e. The van der Waals surface area contributed by atoms with Gasteiger partial charge < -0.3 is 10.2 Å². The first-order valence-corrected chi connectivity index (χ1v) is 9.46. The second kappa shape index (κ2) is 8.92. The van der Waals surface area contributed by atoms with Gasteiger partial charge in [0.05, 0.1) is 17.9 Å². The van der Waals surface area contributed by atoms with E-state index in [4.69, 9.17) is 0 Å². The molecule has 0 saturated carbocycles. The van der Waals surface area contributed by atoms with Crippen LogP contribution in [0.1, 0.15) is 29.5 Å². The van der Waals surface area contributed by atoms with Gasteiger partial charge in [0.15, 0.2) is 5.69 Å². The molecule has 3 rings (SSSR count). The first-order chi connectivity index (χ1) is 13.5. The average Bonchev–Trinajstić information content (AvgIpc) is 3.08. The summed E-state index contributed by atoms with van der Waals surface area (Å²) in [4.78, 5) is 28.4. The highest BCUT2D eigenvalue weighted by Gasteiger charge is 2.27. The fourth-order valence-corrected chi connectivity index (χ4v) is 3.14. The molecule has 2 aromatic rings. The molecule has 1 aromatic heterocycles. The minimum atomic E-state index is -0.334. The number of piperazine rings is 1. The molecule has 0 unspecified atom stereocenters.